The highest BCUT2D eigenvalue weighted by Crippen LogP contribution is 2.31. The van der Waals surface area contributed by atoms with Crippen LogP contribution in [0.2, 0.25) is 0 Å². The molecule has 0 unspecified atom stereocenters. The average Bonchev–Trinajstić information content (AvgIpc) is 2.72. The van der Waals surface area contributed by atoms with Crippen LogP contribution in [0.4, 0.5) is 4.79 Å². The molecule has 2 N–H and O–H groups in total. The van der Waals surface area contributed by atoms with Gasteiger partial charge in [-0.15, -0.1) is 4.28 Å². The van der Waals surface area contributed by atoms with E-state index < -0.39 is 28.5 Å². The van der Waals surface area contributed by atoms with Gasteiger partial charge in [0.15, 0.2) is 0 Å². The third-order valence-electron chi connectivity index (χ3n) is 4.75. The lowest BCUT2D eigenvalue weighted by Gasteiger charge is -2.31. The number of rotatable bonds is 4. The van der Waals surface area contributed by atoms with Crippen LogP contribution in [0.25, 0.3) is 0 Å². The Morgan fingerprint density at radius 1 is 1.17 bits per heavy atom. The molecule has 3 amide bonds. The molecule has 9 nitrogen and oxygen atoms in total. The molecule has 0 aromatic heterocycles. The molecule has 10 heteroatoms. The number of urea groups is 1. The zero-order valence-electron chi connectivity index (χ0n) is 12.7. The number of fused-ring (bicyclic) bond motifs is 2. The maximum absolute atomic E-state index is 12.5. The van der Waals surface area contributed by atoms with E-state index in [-0.39, 0.29) is 18.5 Å². The van der Waals surface area contributed by atoms with E-state index >= 15 is 0 Å². The van der Waals surface area contributed by atoms with Crippen LogP contribution in [0, 0.1) is 0 Å². The van der Waals surface area contributed by atoms with Gasteiger partial charge in [-0.2, -0.15) is 13.5 Å². The van der Waals surface area contributed by atoms with Crippen LogP contribution >= 0.6 is 0 Å². The number of hydroxylamine groups is 2. The summed E-state index contributed by atoms with van der Waals surface area (Å²) in [6.45, 7) is 0.219. The zero-order chi connectivity index (χ0) is 16.6. The molecule has 0 aromatic carbocycles. The molecule has 1 aliphatic carbocycles. The van der Waals surface area contributed by atoms with Gasteiger partial charge in [-0.1, -0.05) is 19.3 Å². The highest BCUT2D eigenvalue weighted by atomic mass is 32.3. The maximum Gasteiger partial charge on any atom is 0.418 e. The standard InChI is InChI=1S/C13H21N3O6S/c17-12(14-9-4-2-1-3-5-9)11-7-6-10-8-15(11)13(18)16(10)22-23(19,20)21/h9-11H,1-8H2,(H,14,17)(H,19,20,21)/t10-,11+/m1/s1. The van der Waals surface area contributed by atoms with Crippen LogP contribution in [-0.4, -0.2) is 59.5 Å². The fraction of sp³-hybridized carbons (Fsp3) is 0.846. The molecule has 0 spiro atoms. The van der Waals surface area contributed by atoms with E-state index in [1.54, 1.807) is 0 Å². The third kappa shape index (κ3) is 3.59. The predicted octanol–water partition coefficient (Wildman–Crippen LogP) is 0.438. The summed E-state index contributed by atoms with van der Waals surface area (Å²) in [5.41, 5.74) is 0. The van der Waals surface area contributed by atoms with Gasteiger partial charge >= 0.3 is 16.4 Å². The number of carbonyl (C=O) groups is 2. The van der Waals surface area contributed by atoms with Crippen molar-refractivity contribution in [2.45, 2.75) is 63.1 Å². The fourth-order valence-electron chi connectivity index (χ4n) is 3.65. The maximum atomic E-state index is 12.5. The second kappa shape index (κ2) is 6.25. The van der Waals surface area contributed by atoms with Gasteiger partial charge in [-0.05, 0) is 25.7 Å². The highest BCUT2D eigenvalue weighted by Gasteiger charge is 2.49. The number of hydrogen-bond acceptors (Lipinski definition) is 5. The smallest absolute Gasteiger partial charge is 0.352 e. The van der Waals surface area contributed by atoms with Gasteiger partial charge in [-0.25, -0.2) is 4.79 Å². The number of hydrogen-bond donors (Lipinski definition) is 2. The van der Waals surface area contributed by atoms with Crippen molar-refractivity contribution >= 4 is 22.3 Å². The Labute approximate surface area is 134 Å². The average molecular weight is 347 g/mol. The number of nitrogens with one attached hydrogen (secondary N) is 1. The molecule has 2 heterocycles. The summed E-state index contributed by atoms with van der Waals surface area (Å²) in [5, 5.41) is 3.65. The summed E-state index contributed by atoms with van der Waals surface area (Å²) in [6.07, 6.45) is 6.16. The van der Waals surface area contributed by atoms with Crippen molar-refractivity contribution in [2.75, 3.05) is 6.54 Å². The molecule has 23 heavy (non-hydrogen) atoms. The van der Waals surface area contributed by atoms with E-state index in [2.05, 4.69) is 9.60 Å². The van der Waals surface area contributed by atoms with E-state index in [9.17, 15) is 18.0 Å². The summed E-state index contributed by atoms with van der Waals surface area (Å²) in [5.74, 6) is -0.197. The van der Waals surface area contributed by atoms with Crippen molar-refractivity contribution < 1.29 is 26.8 Å². The Morgan fingerprint density at radius 3 is 2.52 bits per heavy atom. The van der Waals surface area contributed by atoms with Crippen molar-refractivity contribution in [3.63, 3.8) is 0 Å². The predicted molar refractivity (Wildman–Crippen MR) is 78.4 cm³/mol. The first-order chi connectivity index (χ1) is 10.8. The Kier molecular flexibility index (Phi) is 4.47. The van der Waals surface area contributed by atoms with Gasteiger partial charge < -0.3 is 10.2 Å². The molecule has 3 rings (SSSR count). The molecule has 0 aromatic rings. The first kappa shape index (κ1) is 16.5. The monoisotopic (exact) mass is 347 g/mol. The van der Waals surface area contributed by atoms with Crippen LogP contribution < -0.4 is 5.32 Å². The molecule has 1 saturated carbocycles. The lowest BCUT2D eigenvalue weighted by molar-refractivity contribution is -0.127. The van der Waals surface area contributed by atoms with Crippen LogP contribution in [0.5, 0.6) is 0 Å². The van der Waals surface area contributed by atoms with Crippen molar-refractivity contribution in [3.05, 3.63) is 0 Å². The Hall–Kier alpha value is -1.39. The molecule has 3 fully saturated rings. The molecule has 0 radical (unpaired) electrons. The lowest BCUT2D eigenvalue weighted by Crippen LogP contribution is -2.52. The molecule has 2 bridgehead atoms. The van der Waals surface area contributed by atoms with Crippen molar-refractivity contribution in [1.29, 1.82) is 0 Å². The van der Waals surface area contributed by atoms with Crippen molar-refractivity contribution in [1.82, 2.24) is 15.3 Å². The van der Waals surface area contributed by atoms with Crippen LogP contribution in [0.15, 0.2) is 0 Å². The number of amides is 3. The molecule has 2 atom stereocenters. The molecule has 2 aliphatic heterocycles. The largest absolute Gasteiger partial charge is 0.418 e. The summed E-state index contributed by atoms with van der Waals surface area (Å²) in [7, 11) is -4.76. The Bertz CT molecular complexity index is 589. The van der Waals surface area contributed by atoms with Crippen LogP contribution in [-0.2, 0) is 19.5 Å². The van der Waals surface area contributed by atoms with Gasteiger partial charge in [0.25, 0.3) is 0 Å². The minimum absolute atomic E-state index is 0.150. The van der Waals surface area contributed by atoms with Gasteiger partial charge in [0.05, 0.1) is 6.04 Å². The Morgan fingerprint density at radius 2 is 1.87 bits per heavy atom. The van der Waals surface area contributed by atoms with E-state index in [1.165, 1.54) is 11.3 Å². The van der Waals surface area contributed by atoms with Crippen LogP contribution in [0.3, 0.4) is 0 Å². The molecule has 3 aliphatic rings. The SMILES string of the molecule is O=C(NC1CCCCC1)[C@@H]1CC[C@@H]2CN1C(=O)N2OS(=O)(=O)O. The fourth-order valence-corrected chi connectivity index (χ4v) is 4.04. The molecular formula is C13H21N3O6S. The number of carbonyl (C=O) groups excluding carboxylic acids is 2. The second-order valence-electron chi connectivity index (χ2n) is 6.35. The van der Waals surface area contributed by atoms with E-state index in [0.29, 0.717) is 17.9 Å². The number of nitrogens with zero attached hydrogens (tertiary/aromatic N) is 2. The first-order valence-corrected chi connectivity index (χ1v) is 9.29. The summed E-state index contributed by atoms with van der Waals surface area (Å²) in [6, 6.07) is -1.63. The normalized spacial score (nSPS) is 29.0. The summed E-state index contributed by atoms with van der Waals surface area (Å²) < 4.78 is 34.8. The molecule has 130 valence electrons. The molecule has 2 saturated heterocycles. The third-order valence-corrected chi connectivity index (χ3v) is 5.10. The second-order valence-corrected chi connectivity index (χ2v) is 7.36. The highest BCUT2D eigenvalue weighted by molar-refractivity contribution is 7.80. The number of piperidine rings is 1. The molecular weight excluding hydrogens is 326 g/mol. The van der Waals surface area contributed by atoms with Gasteiger partial charge in [0, 0.05) is 12.6 Å². The quantitative estimate of drug-likeness (QED) is 0.713. The summed E-state index contributed by atoms with van der Waals surface area (Å²) >= 11 is 0. The van der Waals surface area contributed by atoms with E-state index in [0.717, 1.165) is 25.7 Å². The van der Waals surface area contributed by atoms with Gasteiger partial charge in [-0.3, -0.25) is 9.35 Å². The van der Waals surface area contributed by atoms with Crippen molar-refractivity contribution in [3.8, 4) is 0 Å². The lowest BCUT2D eigenvalue weighted by atomic mass is 9.94. The topological polar surface area (TPSA) is 116 Å². The van der Waals surface area contributed by atoms with E-state index in [4.69, 9.17) is 4.55 Å². The Balaban J connectivity index is 1.64. The van der Waals surface area contributed by atoms with Crippen molar-refractivity contribution in [2.24, 2.45) is 0 Å². The zero-order valence-corrected chi connectivity index (χ0v) is 13.5. The van der Waals surface area contributed by atoms with Gasteiger partial charge in [0.1, 0.15) is 6.04 Å². The van der Waals surface area contributed by atoms with Gasteiger partial charge in [0.2, 0.25) is 5.91 Å². The summed E-state index contributed by atoms with van der Waals surface area (Å²) in [4.78, 5) is 26.0. The van der Waals surface area contributed by atoms with E-state index in [1.807, 2.05) is 0 Å². The minimum Gasteiger partial charge on any atom is -0.352 e. The van der Waals surface area contributed by atoms with Crippen LogP contribution in [0.1, 0.15) is 44.9 Å². The minimum atomic E-state index is -4.76. The first-order valence-electron chi connectivity index (χ1n) is 7.92.